The molecule has 1 aromatic carbocycles. The highest BCUT2D eigenvalue weighted by molar-refractivity contribution is 5.26. The fourth-order valence-corrected chi connectivity index (χ4v) is 2.73. The Hall–Kier alpha value is -1.36. The van der Waals surface area contributed by atoms with Gasteiger partial charge in [-0.15, -0.1) is 0 Å². The van der Waals surface area contributed by atoms with E-state index in [1.54, 1.807) is 0 Å². The van der Waals surface area contributed by atoms with E-state index >= 15 is 0 Å². The second kappa shape index (κ2) is 7.27. The summed E-state index contributed by atoms with van der Waals surface area (Å²) in [5, 5.41) is 0. The van der Waals surface area contributed by atoms with Gasteiger partial charge in [-0.1, -0.05) is 37.6 Å². The first-order valence-corrected chi connectivity index (χ1v) is 7.54. The Labute approximate surface area is 128 Å². The predicted molar refractivity (Wildman–Crippen MR) is 77.4 cm³/mol. The number of benzene rings is 1. The third-order valence-electron chi connectivity index (χ3n) is 3.87. The third-order valence-corrected chi connectivity index (χ3v) is 3.87. The summed E-state index contributed by atoms with van der Waals surface area (Å²) in [6, 6.07) is 8.19. The van der Waals surface area contributed by atoms with E-state index in [0.29, 0.717) is 6.42 Å². The Kier molecular flexibility index (Phi) is 5.62. The molecular weight excluding hydrogens is 296 g/mol. The molecule has 1 aromatic rings. The second-order valence-corrected chi connectivity index (χ2v) is 5.66. The van der Waals surface area contributed by atoms with Gasteiger partial charge < -0.3 is 4.74 Å². The summed E-state index contributed by atoms with van der Waals surface area (Å²) in [5.74, 6) is -1.12. The average molecular weight is 316 g/mol. The van der Waals surface area contributed by atoms with Crippen LogP contribution in [0.4, 0.5) is 17.6 Å². The maximum atomic E-state index is 13.5. The fraction of sp³-hybridized carbons (Fsp3) is 0.529. The number of alkyl halides is 3. The fourth-order valence-electron chi connectivity index (χ4n) is 2.73. The van der Waals surface area contributed by atoms with Crippen molar-refractivity contribution in [3.63, 3.8) is 0 Å². The lowest BCUT2D eigenvalue weighted by molar-refractivity contribution is -0.0841. The first-order chi connectivity index (χ1) is 10.4. The van der Waals surface area contributed by atoms with Crippen LogP contribution in [0.25, 0.3) is 0 Å². The minimum Gasteiger partial charge on any atom is -0.370 e. The SMILES string of the molecule is CCCc1ccc(C2CCC(/C(F)=C/C(F)(F)F)OC2)cc1. The summed E-state index contributed by atoms with van der Waals surface area (Å²) in [4.78, 5) is 0. The molecule has 0 radical (unpaired) electrons. The van der Waals surface area contributed by atoms with Gasteiger partial charge in [0, 0.05) is 5.92 Å². The van der Waals surface area contributed by atoms with Crippen LogP contribution in [0.15, 0.2) is 36.2 Å². The van der Waals surface area contributed by atoms with Crippen molar-refractivity contribution in [3.8, 4) is 0 Å². The minimum atomic E-state index is -4.64. The molecule has 1 aliphatic heterocycles. The van der Waals surface area contributed by atoms with Gasteiger partial charge in [0.05, 0.1) is 12.7 Å². The van der Waals surface area contributed by atoms with Crippen LogP contribution in [0.2, 0.25) is 0 Å². The molecule has 122 valence electrons. The van der Waals surface area contributed by atoms with Crippen molar-refractivity contribution in [2.45, 2.75) is 50.8 Å². The molecule has 2 rings (SSSR count). The number of ether oxygens (including phenoxy) is 1. The minimum absolute atomic E-state index is 0.116. The Balaban J connectivity index is 1.93. The lowest BCUT2D eigenvalue weighted by Gasteiger charge is -2.28. The Morgan fingerprint density at radius 3 is 2.41 bits per heavy atom. The topological polar surface area (TPSA) is 9.23 Å². The van der Waals surface area contributed by atoms with Crippen LogP contribution in [0.1, 0.15) is 43.2 Å². The van der Waals surface area contributed by atoms with Crippen molar-refractivity contribution in [3.05, 3.63) is 47.3 Å². The second-order valence-electron chi connectivity index (χ2n) is 5.66. The van der Waals surface area contributed by atoms with Gasteiger partial charge >= 0.3 is 6.18 Å². The smallest absolute Gasteiger partial charge is 0.370 e. The summed E-state index contributed by atoms with van der Waals surface area (Å²) >= 11 is 0. The molecule has 0 amide bonds. The zero-order valence-electron chi connectivity index (χ0n) is 12.5. The Morgan fingerprint density at radius 2 is 1.91 bits per heavy atom. The van der Waals surface area contributed by atoms with E-state index in [4.69, 9.17) is 4.74 Å². The normalized spacial score (nSPS) is 23.6. The molecule has 2 atom stereocenters. The van der Waals surface area contributed by atoms with Crippen molar-refractivity contribution >= 4 is 0 Å². The van der Waals surface area contributed by atoms with E-state index in [-0.39, 0.29) is 25.0 Å². The number of aryl methyl sites for hydroxylation is 1. The van der Waals surface area contributed by atoms with Crippen LogP contribution in [0.5, 0.6) is 0 Å². The van der Waals surface area contributed by atoms with Gasteiger partial charge in [-0.05, 0) is 30.4 Å². The molecule has 0 bridgehead atoms. The van der Waals surface area contributed by atoms with Crippen LogP contribution >= 0.6 is 0 Å². The van der Waals surface area contributed by atoms with Crippen molar-refractivity contribution < 1.29 is 22.3 Å². The van der Waals surface area contributed by atoms with Crippen molar-refractivity contribution in [1.29, 1.82) is 0 Å². The molecule has 1 heterocycles. The molecule has 0 aliphatic carbocycles. The number of rotatable bonds is 4. The molecule has 0 spiro atoms. The summed E-state index contributed by atoms with van der Waals surface area (Å²) in [6.45, 7) is 2.36. The van der Waals surface area contributed by atoms with Gasteiger partial charge in [0.2, 0.25) is 0 Å². The lowest BCUT2D eigenvalue weighted by Crippen LogP contribution is -2.26. The standard InChI is InChI=1S/C17H20F4O/c1-2-3-12-4-6-13(7-5-12)14-8-9-16(22-11-14)15(18)10-17(19,20)21/h4-7,10,14,16H,2-3,8-9,11H2,1H3/b15-10-. The van der Waals surface area contributed by atoms with Crippen molar-refractivity contribution in [2.75, 3.05) is 6.61 Å². The number of hydrogen-bond donors (Lipinski definition) is 0. The molecule has 22 heavy (non-hydrogen) atoms. The monoisotopic (exact) mass is 316 g/mol. The molecule has 1 nitrogen and oxygen atoms in total. The van der Waals surface area contributed by atoms with Gasteiger partial charge in [-0.3, -0.25) is 0 Å². The number of halogens is 4. The highest BCUT2D eigenvalue weighted by atomic mass is 19.4. The number of hydrogen-bond acceptors (Lipinski definition) is 1. The predicted octanol–water partition coefficient (Wildman–Crippen LogP) is 5.32. The van der Waals surface area contributed by atoms with Crippen LogP contribution < -0.4 is 0 Å². The first-order valence-electron chi connectivity index (χ1n) is 7.54. The van der Waals surface area contributed by atoms with E-state index in [2.05, 4.69) is 19.1 Å². The molecule has 2 unspecified atom stereocenters. The first kappa shape index (κ1) is 17.0. The Morgan fingerprint density at radius 1 is 1.23 bits per heavy atom. The zero-order valence-corrected chi connectivity index (χ0v) is 12.5. The summed E-state index contributed by atoms with van der Waals surface area (Å²) in [6.07, 6.45) is -3.03. The van der Waals surface area contributed by atoms with Gasteiger partial charge in [0.15, 0.2) is 0 Å². The van der Waals surface area contributed by atoms with E-state index in [9.17, 15) is 17.6 Å². The van der Waals surface area contributed by atoms with Gasteiger partial charge in [-0.25, -0.2) is 4.39 Å². The van der Waals surface area contributed by atoms with E-state index < -0.39 is 18.1 Å². The largest absolute Gasteiger partial charge is 0.412 e. The molecular formula is C17H20F4O. The number of allylic oxidation sites excluding steroid dienone is 1. The van der Waals surface area contributed by atoms with Crippen LogP contribution in [-0.4, -0.2) is 18.9 Å². The maximum absolute atomic E-state index is 13.5. The van der Waals surface area contributed by atoms with Crippen molar-refractivity contribution in [2.24, 2.45) is 0 Å². The Bertz CT molecular complexity index is 496. The average Bonchev–Trinajstić information content (AvgIpc) is 2.47. The van der Waals surface area contributed by atoms with Crippen LogP contribution in [-0.2, 0) is 11.2 Å². The van der Waals surface area contributed by atoms with Gasteiger partial charge in [0.25, 0.3) is 0 Å². The molecule has 1 saturated heterocycles. The molecule has 0 saturated carbocycles. The maximum Gasteiger partial charge on any atom is 0.412 e. The molecule has 0 aromatic heterocycles. The molecule has 5 heteroatoms. The van der Waals surface area contributed by atoms with E-state index in [1.807, 2.05) is 12.1 Å². The summed E-state index contributed by atoms with van der Waals surface area (Å²) < 4.78 is 55.1. The highest BCUT2D eigenvalue weighted by Crippen LogP contribution is 2.32. The molecule has 0 N–H and O–H groups in total. The van der Waals surface area contributed by atoms with E-state index in [0.717, 1.165) is 18.4 Å². The van der Waals surface area contributed by atoms with Crippen LogP contribution in [0, 0.1) is 0 Å². The summed E-state index contributed by atoms with van der Waals surface area (Å²) in [7, 11) is 0. The lowest BCUT2D eigenvalue weighted by atomic mass is 9.90. The zero-order chi connectivity index (χ0) is 16.2. The molecule has 1 aliphatic rings. The van der Waals surface area contributed by atoms with Crippen LogP contribution in [0.3, 0.4) is 0 Å². The van der Waals surface area contributed by atoms with Crippen molar-refractivity contribution in [1.82, 2.24) is 0 Å². The summed E-state index contributed by atoms with van der Waals surface area (Å²) in [5.41, 5.74) is 2.36. The highest BCUT2D eigenvalue weighted by Gasteiger charge is 2.31. The van der Waals surface area contributed by atoms with Gasteiger partial charge in [-0.2, -0.15) is 13.2 Å². The van der Waals surface area contributed by atoms with Gasteiger partial charge in [0.1, 0.15) is 11.9 Å². The third kappa shape index (κ3) is 4.83. The quantitative estimate of drug-likeness (QED) is 0.683. The van der Waals surface area contributed by atoms with E-state index in [1.165, 1.54) is 5.56 Å². The molecule has 1 fully saturated rings.